The van der Waals surface area contributed by atoms with Gasteiger partial charge in [-0.2, -0.15) is 0 Å². The van der Waals surface area contributed by atoms with Crippen molar-refractivity contribution in [2.24, 2.45) is 5.73 Å². The number of benzene rings is 1. The molecule has 1 aliphatic carbocycles. The monoisotopic (exact) mass is 297 g/mol. The van der Waals surface area contributed by atoms with Gasteiger partial charge < -0.3 is 15.6 Å². The molecule has 4 nitrogen and oxygen atoms in total. The van der Waals surface area contributed by atoms with Gasteiger partial charge in [-0.1, -0.05) is 24.1 Å². The minimum Gasteiger partial charge on any atom is -0.495 e. The Balaban J connectivity index is 2.59. The van der Waals surface area contributed by atoms with E-state index in [4.69, 9.17) is 22.1 Å². The lowest BCUT2D eigenvalue weighted by Gasteiger charge is -2.20. The summed E-state index contributed by atoms with van der Waals surface area (Å²) in [5.41, 5.74) is 8.44. The molecule has 1 aromatic carbocycles. The number of halogens is 1. The number of methoxy groups -OCH3 is 1. The Kier molecular flexibility index (Phi) is 4.89. The van der Waals surface area contributed by atoms with E-state index in [0.29, 0.717) is 16.3 Å². The SMILES string of the molecule is COc1c(C(CN)C(=O)O)cc2c(c1Cl)CCCCC2. The number of aryl methyl sites for hydroxylation is 1. The zero-order chi connectivity index (χ0) is 14.7. The normalized spacial score (nSPS) is 16.1. The lowest BCUT2D eigenvalue weighted by Crippen LogP contribution is -2.22. The lowest BCUT2D eigenvalue weighted by atomic mass is 9.91. The van der Waals surface area contributed by atoms with Gasteiger partial charge in [-0.15, -0.1) is 0 Å². The number of carboxylic acids is 1. The molecule has 0 heterocycles. The van der Waals surface area contributed by atoms with E-state index < -0.39 is 11.9 Å². The van der Waals surface area contributed by atoms with Gasteiger partial charge in [-0.25, -0.2) is 0 Å². The number of fused-ring (bicyclic) bond motifs is 1. The van der Waals surface area contributed by atoms with Crippen molar-refractivity contribution in [3.05, 3.63) is 27.8 Å². The number of hydrogen-bond acceptors (Lipinski definition) is 3. The van der Waals surface area contributed by atoms with Gasteiger partial charge in [0.2, 0.25) is 0 Å². The minimum atomic E-state index is -0.949. The van der Waals surface area contributed by atoms with E-state index >= 15 is 0 Å². The number of rotatable bonds is 4. The Morgan fingerprint density at radius 3 is 2.75 bits per heavy atom. The summed E-state index contributed by atoms with van der Waals surface area (Å²) < 4.78 is 5.37. The molecule has 0 radical (unpaired) electrons. The molecule has 5 heteroatoms. The van der Waals surface area contributed by atoms with Crippen LogP contribution in [0, 0.1) is 0 Å². The third kappa shape index (κ3) is 2.76. The third-order valence-corrected chi connectivity index (χ3v) is 4.33. The number of hydrogen-bond donors (Lipinski definition) is 2. The maximum absolute atomic E-state index is 11.4. The van der Waals surface area contributed by atoms with Crippen molar-refractivity contribution in [3.8, 4) is 5.75 Å². The predicted octanol–water partition coefficient (Wildman–Crippen LogP) is 2.74. The van der Waals surface area contributed by atoms with Crippen molar-refractivity contribution < 1.29 is 14.6 Å². The molecule has 0 aliphatic heterocycles. The standard InChI is InChI=1S/C15H20ClNO3/c1-20-14-11(12(8-17)15(18)19)7-9-5-3-2-4-6-10(9)13(14)16/h7,12H,2-6,8,17H2,1H3,(H,18,19). The van der Waals surface area contributed by atoms with Crippen molar-refractivity contribution in [2.45, 2.75) is 38.0 Å². The first kappa shape index (κ1) is 15.1. The predicted molar refractivity (Wildman–Crippen MR) is 78.7 cm³/mol. The van der Waals surface area contributed by atoms with Crippen molar-refractivity contribution in [2.75, 3.05) is 13.7 Å². The van der Waals surface area contributed by atoms with Crippen LogP contribution in [0.3, 0.4) is 0 Å². The molecule has 2 rings (SSSR count). The molecule has 1 unspecified atom stereocenters. The van der Waals surface area contributed by atoms with Crippen LogP contribution in [0.5, 0.6) is 5.75 Å². The molecule has 0 saturated carbocycles. The highest BCUT2D eigenvalue weighted by molar-refractivity contribution is 6.33. The highest BCUT2D eigenvalue weighted by Gasteiger charge is 2.27. The van der Waals surface area contributed by atoms with E-state index in [2.05, 4.69) is 0 Å². The van der Waals surface area contributed by atoms with E-state index in [1.165, 1.54) is 13.5 Å². The molecule has 1 aromatic rings. The van der Waals surface area contributed by atoms with Crippen LogP contribution in [-0.2, 0) is 17.6 Å². The second kappa shape index (κ2) is 6.46. The number of aliphatic carboxylic acids is 1. The van der Waals surface area contributed by atoms with Gasteiger partial charge in [-0.05, 0) is 36.8 Å². The molecule has 1 atom stereocenters. The van der Waals surface area contributed by atoms with Gasteiger partial charge in [0.25, 0.3) is 0 Å². The molecule has 1 aliphatic rings. The molecule has 0 aromatic heterocycles. The molecule has 0 fully saturated rings. The zero-order valence-electron chi connectivity index (χ0n) is 11.6. The van der Waals surface area contributed by atoms with Crippen molar-refractivity contribution in [1.82, 2.24) is 0 Å². The van der Waals surface area contributed by atoms with Crippen LogP contribution in [-0.4, -0.2) is 24.7 Å². The topological polar surface area (TPSA) is 72.5 Å². The van der Waals surface area contributed by atoms with Gasteiger partial charge in [0.05, 0.1) is 18.1 Å². The summed E-state index contributed by atoms with van der Waals surface area (Å²) >= 11 is 6.45. The van der Waals surface area contributed by atoms with Crippen LogP contribution < -0.4 is 10.5 Å². The summed E-state index contributed by atoms with van der Waals surface area (Å²) in [7, 11) is 1.52. The summed E-state index contributed by atoms with van der Waals surface area (Å²) in [6.07, 6.45) is 5.24. The average molecular weight is 298 g/mol. The van der Waals surface area contributed by atoms with E-state index in [0.717, 1.165) is 36.8 Å². The lowest BCUT2D eigenvalue weighted by molar-refractivity contribution is -0.138. The first-order valence-electron chi connectivity index (χ1n) is 6.91. The largest absolute Gasteiger partial charge is 0.495 e. The van der Waals surface area contributed by atoms with Crippen LogP contribution in [0.25, 0.3) is 0 Å². The zero-order valence-corrected chi connectivity index (χ0v) is 12.4. The Morgan fingerprint density at radius 2 is 2.15 bits per heavy atom. The summed E-state index contributed by atoms with van der Waals surface area (Å²) in [5, 5.41) is 9.88. The molecule has 110 valence electrons. The maximum Gasteiger partial charge on any atom is 0.312 e. The summed E-state index contributed by atoms with van der Waals surface area (Å²) in [6.45, 7) is 0.0286. The highest BCUT2D eigenvalue weighted by Crippen LogP contribution is 2.40. The number of carboxylic acid groups (broad SMARTS) is 1. The Bertz CT molecular complexity index is 516. The third-order valence-electron chi connectivity index (χ3n) is 3.93. The molecule has 20 heavy (non-hydrogen) atoms. The van der Waals surface area contributed by atoms with Crippen LogP contribution in [0.2, 0.25) is 5.02 Å². The molecule has 3 N–H and O–H groups in total. The summed E-state index contributed by atoms with van der Waals surface area (Å²) in [6, 6.07) is 1.93. The first-order chi connectivity index (χ1) is 9.60. The average Bonchev–Trinajstić information content (AvgIpc) is 2.65. The van der Waals surface area contributed by atoms with E-state index in [1.54, 1.807) is 0 Å². The van der Waals surface area contributed by atoms with Gasteiger partial charge >= 0.3 is 5.97 Å². The molecule has 0 amide bonds. The van der Waals surface area contributed by atoms with Crippen LogP contribution >= 0.6 is 11.6 Å². The van der Waals surface area contributed by atoms with Gasteiger partial charge in [0, 0.05) is 12.1 Å². The minimum absolute atomic E-state index is 0.0286. The Morgan fingerprint density at radius 1 is 1.45 bits per heavy atom. The number of ether oxygens (including phenoxy) is 1. The van der Waals surface area contributed by atoms with E-state index in [9.17, 15) is 9.90 Å². The van der Waals surface area contributed by atoms with Crippen molar-refractivity contribution in [1.29, 1.82) is 0 Å². The molecule has 0 spiro atoms. The molecule has 0 saturated heterocycles. The Hall–Kier alpha value is -1.26. The first-order valence-corrected chi connectivity index (χ1v) is 7.29. The van der Waals surface area contributed by atoms with Crippen LogP contribution in [0.1, 0.15) is 41.9 Å². The molecular formula is C15H20ClNO3. The van der Waals surface area contributed by atoms with Crippen molar-refractivity contribution in [3.63, 3.8) is 0 Å². The second-order valence-corrected chi connectivity index (χ2v) is 5.52. The van der Waals surface area contributed by atoms with Gasteiger partial charge in [-0.3, -0.25) is 4.79 Å². The van der Waals surface area contributed by atoms with Crippen LogP contribution in [0.4, 0.5) is 0 Å². The van der Waals surface area contributed by atoms with Gasteiger partial charge in [0.15, 0.2) is 0 Å². The number of carbonyl (C=O) groups is 1. The fourth-order valence-electron chi connectivity index (χ4n) is 2.86. The fraction of sp³-hybridized carbons (Fsp3) is 0.533. The van der Waals surface area contributed by atoms with E-state index in [-0.39, 0.29) is 6.54 Å². The van der Waals surface area contributed by atoms with Crippen LogP contribution in [0.15, 0.2) is 6.07 Å². The maximum atomic E-state index is 11.4. The summed E-state index contributed by atoms with van der Waals surface area (Å²) in [4.78, 5) is 11.4. The fourth-order valence-corrected chi connectivity index (χ4v) is 3.26. The Labute approximate surface area is 123 Å². The molecule has 0 bridgehead atoms. The van der Waals surface area contributed by atoms with Gasteiger partial charge in [0.1, 0.15) is 5.75 Å². The number of nitrogens with two attached hydrogens (primary N) is 1. The summed E-state index contributed by atoms with van der Waals surface area (Å²) in [5.74, 6) is -1.27. The molecular weight excluding hydrogens is 278 g/mol. The highest BCUT2D eigenvalue weighted by atomic mass is 35.5. The van der Waals surface area contributed by atoms with Crippen molar-refractivity contribution >= 4 is 17.6 Å². The quantitative estimate of drug-likeness (QED) is 0.838. The second-order valence-electron chi connectivity index (χ2n) is 5.14. The van der Waals surface area contributed by atoms with E-state index in [1.807, 2.05) is 6.07 Å². The smallest absolute Gasteiger partial charge is 0.312 e.